The summed E-state index contributed by atoms with van der Waals surface area (Å²) in [5.41, 5.74) is 1.81. The van der Waals surface area contributed by atoms with Crippen molar-refractivity contribution < 1.29 is 28.5 Å². The monoisotopic (exact) mass is 602 g/mol. The van der Waals surface area contributed by atoms with Crippen LogP contribution in [0.5, 0.6) is 23.0 Å². The van der Waals surface area contributed by atoms with Gasteiger partial charge in [0, 0.05) is 4.47 Å². The zero-order valence-corrected chi connectivity index (χ0v) is 24.2. The maximum Gasteiger partial charge on any atom is 0.338 e. The molecule has 0 aliphatic carbocycles. The van der Waals surface area contributed by atoms with Gasteiger partial charge in [-0.1, -0.05) is 33.3 Å². The third kappa shape index (κ3) is 4.95. The molecule has 200 valence electrons. The van der Waals surface area contributed by atoms with Gasteiger partial charge in [-0.25, -0.2) is 9.79 Å². The maximum absolute atomic E-state index is 13.9. The van der Waals surface area contributed by atoms with Crippen molar-refractivity contribution in [1.82, 2.24) is 4.57 Å². The number of allylic oxidation sites excluding steroid dienone is 1. The van der Waals surface area contributed by atoms with Crippen molar-refractivity contribution >= 4 is 39.3 Å². The van der Waals surface area contributed by atoms with E-state index < -0.39 is 12.0 Å². The first-order valence-electron chi connectivity index (χ1n) is 11.6. The summed E-state index contributed by atoms with van der Waals surface area (Å²) >= 11 is 4.83. The van der Waals surface area contributed by atoms with E-state index in [1.54, 1.807) is 58.4 Å². The highest BCUT2D eigenvalue weighted by Gasteiger charge is 2.35. The van der Waals surface area contributed by atoms with Crippen LogP contribution in [0.15, 0.2) is 55.9 Å². The van der Waals surface area contributed by atoms with Crippen LogP contribution in [0.25, 0.3) is 6.08 Å². The minimum atomic E-state index is -0.813. The first-order valence-corrected chi connectivity index (χ1v) is 13.2. The number of halogens is 1. The van der Waals surface area contributed by atoms with Crippen LogP contribution in [0.2, 0.25) is 0 Å². The van der Waals surface area contributed by atoms with Crippen molar-refractivity contribution in [3.05, 3.63) is 76.9 Å². The molecule has 0 saturated carbocycles. The van der Waals surface area contributed by atoms with Gasteiger partial charge in [0.2, 0.25) is 0 Å². The molecule has 0 amide bonds. The quantitative estimate of drug-likeness (QED) is 0.363. The Morgan fingerprint density at radius 1 is 1.03 bits per heavy atom. The zero-order valence-electron chi connectivity index (χ0n) is 21.8. The molecule has 0 unspecified atom stereocenters. The number of hydrogen-bond acceptors (Lipinski definition) is 9. The molecule has 1 aliphatic rings. The second kappa shape index (κ2) is 11.4. The summed E-state index contributed by atoms with van der Waals surface area (Å²) in [4.78, 5) is 32.1. The standard InChI is InChI=1S/C27H27BrN2O7S/c1-7-37-26(32)23-14(2)29-27-30(24(23)16-12-20(35-5)21(36-6)13-17(16)28)25(31)22(38-27)11-15-8-9-18(33-3)19(10-15)34-4/h8-13,24H,7H2,1-6H3/b22-11-/t24-/m1/s1. The maximum atomic E-state index is 13.9. The summed E-state index contributed by atoms with van der Waals surface area (Å²) in [6, 6.07) is 8.07. The molecule has 9 nitrogen and oxygen atoms in total. The van der Waals surface area contributed by atoms with E-state index >= 15 is 0 Å². The van der Waals surface area contributed by atoms with E-state index in [-0.39, 0.29) is 17.7 Å². The molecule has 3 aromatic rings. The van der Waals surface area contributed by atoms with Crippen molar-refractivity contribution in [2.75, 3.05) is 35.0 Å². The molecule has 11 heteroatoms. The number of hydrogen-bond donors (Lipinski definition) is 0. The molecule has 0 saturated heterocycles. The summed E-state index contributed by atoms with van der Waals surface area (Å²) < 4.78 is 29.6. The number of carbonyl (C=O) groups excluding carboxylic acids is 1. The third-order valence-electron chi connectivity index (χ3n) is 6.02. The molecule has 2 heterocycles. The second-order valence-corrected chi connectivity index (χ2v) is 10.0. The molecule has 0 radical (unpaired) electrons. The molecule has 0 bridgehead atoms. The fourth-order valence-electron chi connectivity index (χ4n) is 4.26. The highest BCUT2D eigenvalue weighted by Crippen LogP contribution is 2.40. The summed E-state index contributed by atoms with van der Waals surface area (Å²) in [6.45, 7) is 3.64. The molecule has 0 fully saturated rings. The van der Waals surface area contributed by atoms with E-state index in [1.165, 1.54) is 30.1 Å². The van der Waals surface area contributed by atoms with Crippen LogP contribution in [-0.4, -0.2) is 45.6 Å². The summed E-state index contributed by atoms with van der Waals surface area (Å²) in [5, 5.41) is 0. The summed E-state index contributed by atoms with van der Waals surface area (Å²) in [6.07, 6.45) is 1.76. The third-order valence-corrected chi connectivity index (χ3v) is 7.69. The smallest absolute Gasteiger partial charge is 0.338 e. The Morgan fingerprint density at radius 2 is 1.66 bits per heavy atom. The molecule has 38 heavy (non-hydrogen) atoms. The fraction of sp³-hybridized carbons (Fsp3) is 0.296. The van der Waals surface area contributed by atoms with E-state index in [2.05, 4.69) is 20.9 Å². The lowest BCUT2D eigenvalue weighted by Crippen LogP contribution is -2.40. The number of ether oxygens (including phenoxy) is 5. The van der Waals surface area contributed by atoms with E-state index in [9.17, 15) is 9.59 Å². The minimum Gasteiger partial charge on any atom is -0.493 e. The molecule has 0 N–H and O–H groups in total. The van der Waals surface area contributed by atoms with Crippen molar-refractivity contribution in [3.8, 4) is 23.0 Å². The molecule has 4 rings (SSSR count). The number of esters is 1. The summed E-state index contributed by atoms with van der Waals surface area (Å²) in [7, 11) is 6.17. The zero-order chi connectivity index (χ0) is 27.6. The van der Waals surface area contributed by atoms with Gasteiger partial charge in [0.25, 0.3) is 5.56 Å². The average Bonchev–Trinajstić information content (AvgIpc) is 3.21. The van der Waals surface area contributed by atoms with Gasteiger partial charge in [-0.3, -0.25) is 9.36 Å². The lowest BCUT2D eigenvalue weighted by Gasteiger charge is -2.26. The fourth-order valence-corrected chi connectivity index (χ4v) is 5.84. The SMILES string of the molecule is CCOC(=O)C1=C(C)N=c2s/c(=C\c3ccc(OC)c(OC)c3)c(=O)n2[C@@H]1c1cc(OC)c(OC)cc1Br. The van der Waals surface area contributed by atoms with Crippen LogP contribution < -0.4 is 33.8 Å². The average molecular weight is 603 g/mol. The number of thiazole rings is 1. The van der Waals surface area contributed by atoms with Crippen molar-refractivity contribution in [1.29, 1.82) is 0 Å². The lowest BCUT2D eigenvalue weighted by atomic mass is 9.95. The molecule has 1 atom stereocenters. The van der Waals surface area contributed by atoms with Crippen molar-refractivity contribution in [3.63, 3.8) is 0 Å². The number of nitrogens with zero attached hydrogens (tertiary/aromatic N) is 2. The van der Waals surface area contributed by atoms with Crippen LogP contribution in [0.4, 0.5) is 0 Å². The van der Waals surface area contributed by atoms with Gasteiger partial charge >= 0.3 is 5.97 Å². The predicted octanol–water partition coefficient (Wildman–Crippen LogP) is 3.60. The lowest BCUT2D eigenvalue weighted by molar-refractivity contribution is -0.139. The number of rotatable bonds is 8. The Labute approximate surface area is 231 Å². The predicted molar refractivity (Wildman–Crippen MR) is 147 cm³/mol. The van der Waals surface area contributed by atoms with E-state index in [4.69, 9.17) is 23.7 Å². The van der Waals surface area contributed by atoms with Gasteiger partial charge in [-0.2, -0.15) is 0 Å². The van der Waals surface area contributed by atoms with Crippen LogP contribution >= 0.6 is 27.3 Å². The van der Waals surface area contributed by atoms with Crippen molar-refractivity contribution in [2.24, 2.45) is 4.99 Å². The Morgan fingerprint density at radius 3 is 2.29 bits per heavy atom. The normalized spacial score (nSPS) is 15.0. The van der Waals surface area contributed by atoms with E-state index in [0.717, 1.165) is 5.56 Å². The van der Waals surface area contributed by atoms with Gasteiger partial charge in [-0.15, -0.1) is 0 Å². The van der Waals surface area contributed by atoms with Crippen LogP contribution in [-0.2, 0) is 9.53 Å². The van der Waals surface area contributed by atoms with Gasteiger partial charge < -0.3 is 23.7 Å². The molecule has 1 aliphatic heterocycles. The Bertz CT molecular complexity index is 1610. The first kappa shape index (κ1) is 27.5. The number of fused-ring (bicyclic) bond motifs is 1. The first-order chi connectivity index (χ1) is 18.3. The van der Waals surface area contributed by atoms with Gasteiger partial charge in [0.15, 0.2) is 27.8 Å². The number of carbonyl (C=O) groups is 1. The summed E-state index contributed by atoms with van der Waals surface area (Å²) in [5.74, 6) is 1.54. The van der Waals surface area contributed by atoms with Gasteiger partial charge in [-0.05, 0) is 55.3 Å². The molecular formula is C27H27BrN2O7S. The van der Waals surface area contributed by atoms with Gasteiger partial charge in [0.1, 0.15) is 0 Å². The highest BCUT2D eigenvalue weighted by atomic mass is 79.9. The number of methoxy groups -OCH3 is 4. The Balaban J connectivity index is 1.99. The van der Waals surface area contributed by atoms with E-state index in [1.807, 2.05) is 6.07 Å². The highest BCUT2D eigenvalue weighted by molar-refractivity contribution is 9.10. The topological polar surface area (TPSA) is 97.6 Å². The largest absolute Gasteiger partial charge is 0.493 e. The van der Waals surface area contributed by atoms with Crippen molar-refractivity contribution in [2.45, 2.75) is 19.9 Å². The number of benzene rings is 2. The Kier molecular flexibility index (Phi) is 8.27. The molecule has 0 spiro atoms. The minimum absolute atomic E-state index is 0.180. The van der Waals surface area contributed by atoms with E-state index in [0.29, 0.717) is 48.1 Å². The van der Waals surface area contributed by atoms with Crippen LogP contribution in [0.3, 0.4) is 0 Å². The molecule has 2 aromatic carbocycles. The second-order valence-electron chi connectivity index (χ2n) is 8.15. The van der Waals surface area contributed by atoms with Crippen LogP contribution in [0, 0.1) is 0 Å². The Hall–Kier alpha value is -3.57. The van der Waals surface area contributed by atoms with Gasteiger partial charge in [0.05, 0.1) is 56.9 Å². The van der Waals surface area contributed by atoms with Crippen LogP contribution in [0.1, 0.15) is 31.0 Å². The number of aromatic nitrogens is 1. The molecule has 1 aromatic heterocycles. The molecular weight excluding hydrogens is 576 g/mol.